The lowest BCUT2D eigenvalue weighted by atomic mass is 10.2. The van der Waals surface area contributed by atoms with Crippen LogP contribution in [0.4, 0.5) is 0 Å². The van der Waals surface area contributed by atoms with E-state index in [1.165, 1.54) is 12.8 Å². The second-order valence-electron chi connectivity index (χ2n) is 8.04. The van der Waals surface area contributed by atoms with Gasteiger partial charge >= 0.3 is 11.9 Å². The van der Waals surface area contributed by atoms with Crippen molar-refractivity contribution < 1.29 is 34.0 Å². The number of rotatable bonds is 10. The van der Waals surface area contributed by atoms with Crippen LogP contribution in [-0.2, 0) is 16.1 Å². The maximum atomic E-state index is 9.10. The van der Waals surface area contributed by atoms with Gasteiger partial charge in [0.15, 0.2) is 11.5 Å². The molecular weight excluding hydrogens is 462 g/mol. The van der Waals surface area contributed by atoms with Crippen LogP contribution in [0.1, 0.15) is 45.1 Å². The number of carboxylic acid groups (broad SMARTS) is 2. The Morgan fingerprint density at radius 3 is 2.29 bits per heavy atom. The number of benzene rings is 2. The number of ether oxygens (including phenoxy) is 3. The van der Waals surface area contributed by atoms with E-state index < -0.39 is 11.9 Å². The molecule has 3 N–H and O–H groups in total. The molecule has 1 fully saturated rings. The van der Waals surface area contributed by atoms with Gasteiger partial charge in [0.1, 0.15) is 12.4 Å². The average Bonchev–Trinajstić information content (AvgIpc) is 3.30. The molecule has 0 atom stereocenters. The van der Waals surface area contributed by atoms with E-state index in [2.05, 4.69) is 5.32 Å². The third kappa shape index (κ3) is 9.89. The molecule has 2 aromatic carbocycles. The molecule has 0 spiro atoms. The van der Waals surface area contributed by atoms with Gasteiger partial charge in [0.2, 0.25) is 0 Å². The molecule has 0 bridgehead atoms. The summed E-state index contributed by atoms with van der Waals surface area (Å²) in [6.07, 6.45) is 5.16. The monoisotopic (exact) mass is 493 g/mol. The fourth-order valence-corrected chi connectivity index (χ4v) is 3.48. The highest BCUT2D eigenvalue weighted by Crippen LogP contribution is 2.30. The second kappa shape index (κ2) is 14.3. The van der Waals surface area contributed by atoms with Gasteiger partial charge in [0, 0.05) is 13.1 Å². The Kier molecular flexibility index (Phi) is 11.5. The summed E-state index contributed by atoms with van der Waals surface area (Å²) in [5.41, 5.74) is 1.15. The molecule has 0 unspecified atom stereocenters. The molecule has 1 aliphatic rings. The highest BCUT2D eigenvalue weighted by atomic mass is 35.5. The summed E-state index contributed by atoms with van der Waals surface area (Å²) in [4.78, 5) is 18.2. The minimum absolute atomic E-state index is 0.119. The van der Waals surface area contributed by atoms with Gasteiger partial charge < -0.3 is 29.7 Å². The van der Waals surface area contributed by atoms with E-state index in [0.717, 1.165) is 48.7 Å². The zero-order valence-corrected chi connectivity index (χ0v) is 20.2. The van der Waals surface area contributed by atoms with Crippen molar-refractivity contribution in [1.82, 2.24) is 5.32 Å². The highest BCUT2D eigenvalue weighted by molar-refractivity contribution is 6.32. The molecule has 3 rings (SSSR count). The van der Waals surface area contributed by atoms with Crippen molar-refractivity contribution in [3.05, 3.63) is 53.1 Å². The SMILES string of the molecule is CC(C)Oc1ccccc1OCCNCc1ccc(Cl)c(OC2CCCC2)c1.O=C(O)C(=O)O. The zero-order valence-electron chi connectivity index (χ0n) is 19.5. The van der Waals surface area contributed by atoms with Crippen molar-refractivity contribution in [2.75, 3.05) is 13.2 Å². The molecule has 0 radical (unpaired) electrons. The number of aliphatic carboxylic acids is 2. The van der Waals surface area contributed by atoms with Crippen LogP contribution in [0.3, 0.4) is 0 Å². The summed E-state index contributed by atoms with van der Waals surface area (Å²) in [6.45, 7) is 6.06. The van der Waals surface area contributed by atoms with E-state index in [-0.39, 0.29) is 6.10 Å². The summed E-state index contributed by atoms with van der Waals surface area (Å²) in [7, 11) is 0. The Morgan fingerprint density at radius 2 is 1.68 bits per heavy atom. The lowest BCUT2D eigenvalue weighted by molar-refractivity contribution is -0.159. The quantitative estimate of drug-likeness (QED) is 0.320. The normalized spacial score (nSPS) is 13.2. The maximum Gasteiger partial charge on any atom is 0.414 e. The van der Waals surface area contributed by atoms with Gasteiger partial charge in [-0.1, -0.05) is 29.8 Å². The van der Waals surface area contributed by atoms with E-state index in [4.69, 9.17) is 45.6 Å². The second-order valence-corrected chi connectivity index (χ2v) is 8.45. The molecule has 186 valence electrons. The number of hydrogen-bond acceptors (Lipinski definition) is 6. The van der Waals surface area contributed by atoms with Gasteiger partial charge in [0.25, 0.3) is 0 Å². The molecule has 8 nitrogen and oxygen atoms in total. The van der Waals surface area contributed by atoms with Crippen LogP contribution in [0.25, 0.3) is 0 Å². The number of carboxylic acids is 2. The van der Waals surface area contributed by atoms with Gasteiger partial charge in [-0.15, -0.1) is 0 Å². The van der Waals surface area contributed by atoms with E-state index in [9.17, 15) is 0 Å². The molecule has 1 aliphatic carbocycles. The first-order chi connectivity index (χ1) is 16.3. The number of hydrogen-bond donors (Lipinski definition) is 3. The van der Waals surface area contributed by atoms with E-state index >= 15 is 0 Å². The van der Waals surface area contributed by atoms with Gasteiger partial charge in [-0.2, -0.15) is 0 Å². The first kappa shape index (κ1) is 27.3. The summed E-state index contributed by atoms with van der Waals surface area (Å²) < 4.78 is 17.7. The Labute approximate surface area is 204 Å². The van der Waals surface area contributed by atoms with Crippen LogP contribution in [-0.4, -0.2) is 47.5 Å². The maximum absolute atomic E-state index is 9.10. The lowest BCUT2D eigenvalue weighted by Gasteiger charge is -2.16. The van der Waals surface area contributed by atoms with Crippen LogP contribution < -0.4 is 19.5 Å². The van der Waals surface area contributed by atoms with Crippen molar-refractivity contribution >= 4 is 23.5 Å². The lowest BCUT2D eigenvalue weighted by Crippen LogP contribution is -2.21. The van der Waals surface area contributed by atoms with Crippen LogP contribution in [0.2, 0.25) is 5.02 Å². The predicted molar refractivity (Wildman–Crippen MR) is 129 cm³/mol. The van der Waals surface area contributed by atoms with Crippen LogP contribution >= 0.6 is 11.6 Å². The number of para-hydroxylation sites is 2. The average molecular weight is 494 g/mol. The highest BCUT2D eigenvalue weighted by Gasteiger charge is 2.18. The fraction of sp³-hybridized carbons (Fsp3) is 0.440. The first-order valence-corrected chi connectivity index (χ1v) is 11.6. The zero-order chi connectivity index (χ0) is 24.9. The van der Waals surface area contributed by atoms with Crippen molar-refractivity contribution in [3.63, 3.8) is 0 Å². The minimum atomic E-state index is -1.82. The van der Waals surface area contributed by atoms with E-state index in [1.54, 1.807) is 0 Å². The largest absolute Gasteiger partial charge is 0.489 e. The van der Waals surface area contributed by atoms with Gasteiger partial charge in [0.05, 0.1) is 17.2 Å². The van der Waals surface area contributed by atoms with E-state index in [0.29, 0.717) is 17.7 Å². The summed E-state index contributed by atoms with van der Waals surface area (Å²) in [5.74, 6) is -1.30. The first-order valence-electron chi connectivity index (χ1n) is 11.3. The third-order valence-electron chi connectivity index (χ3n) is 4.85. The third-order valence-corrected chi connectivity index (χ3v) is 5.16. The Bertz CT molecular complexity index is 917. The van der Waals surface area contributed by atoms with Crippen molar-refractivity contribution in [3.8, 4) is 17.2 Å². The number of nitrogens with one attached hydrogen (secondary N) is 1. The van der Waals surface area contributed by atoms with Crippen molar-refractivity contribution in [1.29, 1.82) is 0 Å². The fourth-order valence-electron chi connectivity index (χ4n) is 3.32. The Morgan fingerprint density at radius 1 is 1.03 bits per heavy atom. The van der Waals surface area contributed by atoms with Crippen molar-refractivity contribution in [2.45, 2.75) is 58.3 Å². The molecule has 2 aromatic rings. The number of halogens is 1. The van der Waals surface area contributed by atoms with Gasteiger partial charge in [-0.25, -0.2) is 9.59 Å². The molecule has 0 saturated heterocycles. The predicted octanol–water partition coefficient (Wildman–Crippen LogP) is 4.77. The summed E-state index contributed by atoms with van der Waals surface area (Å²) in [5, 5.41) is 18.9. The van der Waals surface area contributed by atoms with Crippen molar-refractivity contribution in [2.24, 2.45) is 0 Å². The molecule has 9 heteroatoms. The molecule has 34 heavy (non-hydrogen) atoms. The minimum Gasteiger partial charge on any atom is -0.489 e. The van der Waals surface area contributed by atoms with Gasteiger partial charge in [-0.05, 0) is 69.4 Å². The molecule has 0 heterocycles. The Balaban J connectivity index is 0.000000604. The number of carbonyl (C=O) groups is 2. The molecular formula is C25H32ClNO7. The topological polar surface area (TPSA) is 114 Å². The molecule has 0 aliphatic heterocycles. The molecule has 1 saturated carbocycles. The molecule has 0 aromatic heterocycles. The summed E-state index contributed by atoms with van der Waals surface area (Å²) >= 11 is 6.30. The van der Waals surface area contributed by atoms with Gasteiger partial charge in [-0.3, -0.25) is 0 Å². The molecule has 0 amide bonds. The smallest absolute Gasteiger partial charge is 0.414 e. The van der Waals surface area contributed by atoms with Crippen LogP contribution in [0.5, 0.6) is 17.2 Å². The van der Waals surface area contributed by atoms with Crippen LogP contribution in [0, 0.1) is 0 Å². The van der Waals surface area contributed by atoms with Crippen LogP contribution in [0.15, 0.2) is 42.5 Å². The summed E-state index contributed by atoms with van der Waals surface area (Å²) in [6, 6.07) is 13.8. The van der Waals surface area contributed by atoms with E-state index in [1.807, 2.05) is 56.3 Å². The Hall–Kier alpha value is -2.97. The standard InChI is InChI=1S/C23H30ClNO3.C2H2O4/c1-17(2)27-22-10-6-5-9-21(22)26-14-13-25-16-18-11-12-20(24)23(15-18)28-19-7-3-4-8-19;3-1(4)2(5)6/h5-6,9-12,15,17,19,25H,3-4,7-8,13-14,16H2,1-2H3;(H,3,4)(H,5,6).